The van der Waals surface area contributed by atoms with E-state index in [9.17, 15) is 31.9 Å². The zero-order chi connectivity index (χ0) is 22.8. The van der Waals surface area contributed by atoms with Gasteiger partial charge in [-0.25, -0.2) is 4.39 Å². The third-order valence-corrected chi connectivity index (χ3v) is 4.28. The Morgan fingerprint density at radius 1 is 1.20 bits per heavy atom. The molecule has 158 valence electrons. The van der Waals surface area contributed by atoms with E-state index < -0.39 is 35.6 Å². The summed E-state index contributed by atoms with van der Waals surface area (Å²) in [4.78, 5) is 39.3. The number of ketones is 1. The van der Waals surface area contributed by atoms with Gasteiger partial charge in [-0.3, -0.25) is 14.4 Å². The number of rotatable bonds is 5. The fourth-order valence-corrected chi connectivity index (χ4v) is 2.66. The molecule has 2 aromatic rings. The van der Waals surface area contributed by atoms with Gasteiger partial charge in [0.25, 0.3) is 17.6 Å². The van der Waals surface area contributed by atoms with Crippen LogP contribution in [-0.4, -0.2) is 34.8 Å². The normalized spacial score (nSPS) is 12.1. The van der Waals surface area contributed by atoms with Crippen LogP contribution in [0.1, 0.15) is 44.6 Å². The van der Waals surface area contributed by atoms with E-state index in [0.717, 1.165) is 12.1 Å². The minimum atomic E-state index is -4.72. The number of aryl methyl sites for hydroxylation is 1. The van der Waals surface area contributed by atoms with E-state index in [-0.39, 0.29) is 33.8 Å². The Balaban J connectivity index is 2.26. The molecular formula is C19H16F4N4O3. The Kier molecular flexibility index (Phi) is 6.30. The van der Waals surface area contributed by atoms with Gasteiger partial charge in [0.15, 0.2) is 0 Å². The van der Waals surface area contributed by atoms with Crippen LogP contribution in [-0.2, 0) is 4.79 Å². The second-order valence-corrected chi connectivity index (χ2v) is 6.45. The van der Waals surface area contributed by atoms with Gasteiger partial charge in [-0.15, -0.1) is 0 Å². The summed E-state index contributed by atoms with van der Waals surface area (Å²) < 4.78 is 51.2. The molecule has 0 fully saturated rings. The fraction of sp³-hybridized carbons (Fsp3) is 0.263. The van der Waals surface area contributed by atoms with E-state index in [2.05, 4.69) is 10.3 Å². The van der Waals surface area contributed by atoms with Crippen LogP contribution in [0, 0.1) is 31.0 Å². The molecule has 1 aromatic heterocycles. The van der Waals surface area contributed by atoms with Crippen molar-refractivity contribution in [2.45, 2.75) is 33.0 Å². The summed E-state index contributed by atoms with van der Waals surface area (Å²) in [6, 6.07) is 2.72. The third kappa shape index (κ3) is 4.65. The molecule has 0 aliphatic carbocycles. The lowest BCUT2D eigenvalue weighted by atomic mass is 10.1. The van der Waals surface area contributed by atoms with E-state index >= 15 is 0 Å². The number of carbonyl (C=O) groups is 3. The van der Waals surface area contributed by atoms with E-state index in [1.54, 1.807) is 11.4 Å². The number of benzene rings is 1. The van der Waals surface area contributed by atoms with Crippen LogP contribution in [0.15, 0.2) is 18.2 Å². The topological polar surface area (TPSA) is 115 Å². The predicted octanol–water partition coefficient (Wildman–Crippen LogP) is 3.14. The van der Waals surface area contributed by atoms with Crippen LogP contribution in [0.25, 0.3) is 0 Å². The van der Waals surface area contributed by atoms with Crippen molar-refractivity contribution >= 4 is 23.3 Å². The van der Waals surface area contributed by atoms with Crippen LogP contribution in [0.4, 0.5) is 23.2 Å². The van der Waals surface area contributed by atoms with Gasteiger partial charge in [-0.2, -0.15) is 18.4 Å². The highest BCUT2D eigenvalue weighted by atomic mass is 19.4. The largest absolute Gasteiger partial charge is 0.408 e. The number of carbonyl (C=O) groups excluding carboxylic acids is 3. The number of nitrogens with one attached hydrogen (secondary N) is 3. The highest BCUT2D eigenvalue weighted by molar-refractivity contribution is 6.43. The van der Waals surface area contributed by atoms with Gasteiger partial charge >= 0.3 is 6.18 Å². The maximum atomic E-state index is 13.4. The zero-order valence-electron chi connectivity index (χ0n) is 16.0. The maximum Gasteiger partial charge on any atom is 0.408 e. The molecule has 0 unspecified atom stereocenters. The predicted molar refractivity (Wildman–Crippen MR) is 97.3 cm³/mol. The minimum Gasteiger partial charge on any atom is -0.355 e. The Morgan fingerprint density at radius 2 is 1.83 bits per heavy atom. The van der Waals surface area contributed by atoms with Crippen molar-refractivity contribution in [2.24, 2.45) is 0 Å². The van der Waals surface area contributed by atoms with Gasteiger partial charge in [0, 0.05) is 11.4 Å². The molecule has 0 aliphatic heterocycles. The summed E-state index contributed by atoms with van der Waals surface area (Å²) in [5.74, 6) is -4.23. The van der Waals surface area contributed by atoms with Crippen LogP contribution in [0.2, 0.25) is 0 Å². The molecule has 1 atom stereocenters. The molecular weight excluding hydrogens is 408 g/mol. The SMILES string of the molecule is Cc1[nH]c(C(=O)C(=O)N[C@@H](C)C(F)(F)F)c(C)c1C(=O)Nc1ccc(F)c(C#N)c1. The number of aromatic nitrogens is 1. The van der Waals surface area contributed by atoms with E-state index in [0.29, 0.717) is 6.92 Å². The number of aromatic amines is 1. The number of nitriles is 1. The number of H-pyrrole nitrogens is 1. The van der Waals surface area contributed by atoms with Crippen LogP contribution in [0.3, 0.4) is 0 Å². The van der Waals surface area contributed by atoms with Crippen LogP contribution >= 0.6 is 0 Å². The highest BCUT2D eigenvalue weighted by Crippen LogP contribution is 2.22. The monoisotopic (exact) mass is 424 g/mol. The van der Waals surface area contributed by atoms with Crippen molar-refractivity contribution < 1.29 is 31.9 Å². The first-order chi connectivity index (χ1) is 13.9. The number of Topliss-reactive ketones (excluding diaryl/α,β-unsaturated/α-hetero) is 1. The third-order valence-electron chi connectivity index (χ3n) is 4.28. The van der Waals surface area contributed by atoms with Crippen molar-refractivity contribution in [3.8, 4) is 6.07 Å². The number of hydrogen-bond acceptors (Lipinski definition) is 4. The first-order valence-electron chi connectivity index (χ1n) is 8.48. The number of anilines is 1. The van der Waals surface area contributed by atoms with Crippen molar-refractivity contribution in [1.29, 1.82) is 5.26 Å². The Hall–Kier alpha value is -3.68. The maximum absolute atomic E-state index is 13.4. The molecule has 0 saturated heterocycles. The first-order valence-corrected chi connectivity index (χ1v) is 8.48. The first kappa shape index (κ1) is 22.6. The second kappa shape index (κ2) is 8.36. The summed E-state index contributed by atoms with van der Waals surface area (Å²) in [6.07, 6.45) is -4.72. The number of alkyl halides is 3. The molecule has 1 aromatic carbocycles. The molecule has 2 rings (SSSR count). The minimum absolute atomic E-state index is 0.0159. The number of halogens is 4. The molecule has 7 nitrogen and oxygen atoms in total. The molecule has 0 bridgehead atoms. The smallest absolute Gasteiger partial charge is 0.355 e. The van der Waals surface area contributed by atoms with Crippen molar-refractivity contribution in [2.75, 3.05) is 5.32 Å². The molecule has 0 radical (unpaired) electrons. The standard InChI is InChI=1S/C19H16F4N4O3/c1-8-14(17(29)27-12-4-5-13(20)11(6-12)7-24)9(2)25-15(8)16(28)18(30)26-10(3)19(21,22)23/h4-6,10,25H,1-3H3,(H,26,30)(H,27,29)/t10-/m0/s1. The molecule has 3 N–H and O–H groups in total. The average Bonchev–Trinajstić information content (AvgIpc) is 2.95. The van der Waals surface area contributed by atoms with Crippen molar-refractivity contribution in [3.63, 3.8) is 0 Å². The van der Waals surface area contributed by atoms with E-state index in [1.807, 2.05) is 0 Å². The molecule has 2 amide bonds. The van der Waals surface area contributed by atoms with Crippen molar-refractivity contribution in [3.05, 3.63) is 52.1 Å². The molecule has 0 aliphatic rings. The fourth-order valence-electron chi connectivity index (χ4n) is 2.66. The lowest BCUT2D eigenvalue weighted by Crippen LogP contribution is -2.46. The Labute approximate surface area is 168 Å². The van der Waals surface area contributed by atoms with E-state index in [4.69, 9.17) is 5.26 Å². The summed E-state index contributed by atoms with van der Waals surface area (Å²) in [5, 5.41) is 12.9. The quantitative estimate of drug-likeness (QED) is 0.389. The van der Waals surface area contributed by atoms with Crippen molar-refractivity contribution in [1.82, 2.24) is 10.3 Å². The Bertz CT molecular complexity index is 1070. The van der Waals surface area contributed by atoms with Gasteiger partial charge in [0.2, 0.25) is 0 Å². The number of hydrogen-bond donors (Lipinski definition) is 3. The van der Waals surface area contributed by atoms with Gasteiger partial charge in [0.1, 0.15) is 17.9 Å². The highest BCUT2D eigenvalue weighted by Gasteiger charge is 2.38. The average molecular weight is 424 g/mol. The second-order valence-electron chi connectivity index (χ2n) is 6.45. The summed E-state index contributed by atoms with van der Waals surface area (Å²) in [5.41, 5.74) is -0.288. The summed E-state index contributed by atoms with van der Waals surface area (Å²) in [7, 11) is 0. The Morgan fingerprint density at radius 3 is 2.40 bits per heavy atom. The van der Waals surface area contributed by atoms with Crippen LogP contribution < -0.4 is 10.6 Å². The van der Waals surface area contributed by atoms with Gasteiger partial charge in [0.05, 0.1) is 16.8 Å². The summed E-state index contributed by atoms with van der Waals surface area (Å²) >= 11 is 0. The zero-order valence-corrected chi connectivity index (χ0v) is 16.0. The summed E-state index contributed by atoms with van der Waals surface area (Å²) in [6.45, 7) is 3.47. The van der Waals surface area contributed by atoms with Gasteiger partial charge < -0.3 is 15.6 Å². The van der Waals surface area contributed by atoms with Gasteiger partial charge in [-0.1, -0.05) is 0 Å². The molecule has 11 heteroatoms. The van der Waals surface area contributed by atoms with Crippen LogP contribution in [0.5, 0.6) is 0 Å². The number of nitrogens with zero attached hydrogens (tertiary/aromatic N) is 1. The molecule has 0 saturated carbocycles. The van der Waals surface area contributed by atoms with Gasteiger partial charge in [-0.05, 0) is 44.5 Å². The molecule has 1 heterocycles. The molecule has 0 spiro atoms. The van der Waals surface area contributed by atoms with E-state index in [1.165, 1.54) is 19.9 Å². The lowest BCUT2D eigenvalue weighted by Gasteiger charge is -2.16. The lowest BCUT2D eigenvalue weighted by molar-refractivity contribution is -0.156. The number of amides is 2. The molecule has 30 heavy (non-hydrogen) atoms.